The van der Waals surface area contributed by atoms with Crippen molar-refractivity contribution in [2.45, 2.75) is 62.7 Å². The number of thioether (sulfide) groups is 1. The summed E-state index contributed by atoms with van der Waals surface area (Å²) >= 11 is 3.66. The van der Waals surface area contributed by atoms with Crippen molar-refractivity contribution in [2.75, 3.05) is 6.61 Å². The molecule has 1 heterocycles. The molecule has 1 saturated carbocycles. The number of nitrogens with zero attached hydrogens (tertiary/aromatic N) is 1. The van der Waals surface area contributed by atoms with Crippen LogP contribution >= 0.6 is 23.1 Å². The third-order valence-corrected chi connectivity index (χ3v) is 7.46. The molecule has 0 aliphatic heterocycles. The van der Waals surface area contributed by atoms with Crippen molar-refractivity contribution < 1.29 is 4.74 Å². The SMILES string of the molecule is CCCCOC(c1ccc(-c2ncc(-c3ccc(SC(C)C)cc3)s2)cc1)C1CC1. The number of thiazole rings is 1. The average Bonchev–Trinajstić information content (AvgIpc) is 3.47. The summed E-state index contributed by atoms with van der Waals surface area (Å²) in [6.45, 7) is 7.53. The van der Waals surface area contributed by atoms with Gasteiger partial charge in [-0.1, -0.05) is 63.6 Å². The summed E-state index contributed by atoms with van der Waals surface area (Å²) < 4.78 is 6.22. The number of hydrogen-bond acceptors (Lipinski definition) is 4. The van der Waals surface area contributed by atoms with Gasteiger partial charge in [0.25, 0.3) is 0 Å². The van der Waals surface area contributed by atoms with Crippen LogP contribution in [0, 0.1) is 5.92 Å². The number of rotatable bonds is 10. The van der Waals surface area contributed by atoms with Gasteiger partial charge >= 0.3 is 0 Å². The van der Waals surface area contributed by atoms with Crippen molar-refractivity contribution in [1.29, 1.82) is 0 Å². The van der Waals surface area contributed by atoms with Crippen LogP contribution in [-0.2, 0) is 4.74 Å². The second kappa shape index (κ2) is 10.1. The van der Waals surface area contributed by atoms with E-state index in [1.165, 1.54) is 45.7 Å². The van der Waals surface area contributed by atoms with E-state index in [0.717, 1.165) is 18.0 Å². The van der Waals surface area contributed by atoms with Crippen molar-refractivity contribution in [3.8, 4) is 21.0 Å². The van der Waals surface area contributed by atoms with E-state index in [1.54, 1.807) is 11.3 Å². The zero-order chi connectivity index (χ0) is 20.9. The lowest BCUT2D eigenvalue weighted by Crippen LogP contribution is -2.07. The zero-order valence-corrected chi connectivity index (χ0v) is 19.8. The molecule has 1 unspecified atom stereocenters. The highest BCUT2D eigenvalue weighted by atomic mass is 32.2. The molecule has 4 heteroatoms. The van der Waals surface area contributed by atoms with E-state index in [-0.39, 0.29) is 6.10 Å². The third-order valence-electron chi connectivity index (χ3n) is 5.35. The Kier molecular flexibility index (Phi) is 7.29. The molecular formula is C26H31NOS2. The average molecular weight is 438 g/mol. The van der Waals surface area contributed by atoms with Gasteiger partial charge in [0.05, 0.1) is 11.0 Å². The molecule has 1 aromatic heterocycles. The quantitative estimate of drug-likeness (QED) is 0.235. The predicted molar refractivity (Wildman–Crippen MR) is 130 cm³/mol. The molecule has 1 atom stereocenters. The van der Waals surface area contributed by atoms with E-state index in [0.29, 0.717) is 11.2 Å². The molecular weight excluding hydrogens is 406 g/mol. The van der Waals surface area contributed by atoms with Crippen LogP contribution in [0.5, 0.6) is 0 Å². The molecule has 4 rings (SSSR count). The summed E-state index contributed by atoms with van der Waals surface area (Å²) in [5, 5.41) is 1.68. The monoisotopic (exact) mass is 437 g/mol. The van der Waals surface area contributed by atoms with E-state index >= 15 is 0 Å². The fourth-order valence-corrected chi connectivity index (χ4v) is 5.35. The van der Waals surface area contributed by atoms with Crippen LogP contribution in [0.25, 0.3) is 21.0 Å². The molecule has 1 fully saturated rings. The lowest BCUT2D eigenvalue weighted by molar-refractivity contribution is 0.0354. The third kappa shape index (κ3) is 5.54. The topological polar surface area (TPSA) is 22.1 Å². The Hall–Kier alpha value is -1.62. The maximum atomic E-state index is 6.22. The van der Waals surface area contributed by atoms with Gasteiger partial charge in [-0.2, -0.15) is 0 Å². The summed E-state index contributed by atoms with van der Waals surface area (Å²) in [6.07, 6.45) is 7.17. The molecule has 1 aliphatic carbocycles. The highest BCUT2D eigenvalue weighted by Crippen LogP contribution is 2.44. The van der Waals surface area contributed by atoms with Gasteiger partial charge in [-0.25, -0.2) is 4.98 Å². The van der Waals surface area contributed by atoms with Gasteiger partial charge in [0.2, 0.25) is 0 Å². The predicted octanol–water partition coefficient (Wildman–Crippen LogP) is 8.25. The van der Waals surface area contributed by atoms with Crippen LogP contribution in [0.4, 0.5) is 0 Å². The van der Waals surface area contributed by atoms with Crippen molar-refractivity contribution in [1.82, 2.24) is 4.98 Å². The van der Waals surface area contributed by atoms with Crippen LogP contribution in [0.3, 0.4) is 0 Å². The second-order valence-electron chi connectivity index (χ2n) is 8.33. The molecule has 2 aromatic carbocycles. The fraction of sp³-hybridized carbons (Fsp3) is 0.423. The minimum atomic E-state index is 0.264. The Morgan fingerprint density at radius 3 is 2.37 bits per heavy atom. The van der Waals surface area contributed by atoms with Gasteiger partial charge in [-0.15, -0.1) is 23.1 Å². The van der Waals surface area contributed by atoms with Crippen LogP contribution in [0.2, 0.25) is 0 Å². The Morgan fingerprint density at radius 2 is 1.73 bits per heavy atom. The maximum Gasteiger partial charge on any atom is 0.123 e. The van der Waals surface area contributed by atoms with Crippen LogP contribution < -0.4 is 0 Å². The smallest absolute Gasteiger partial charge is 0.123 e. The first kappa shape index (κ1) is 21.6. The molecule has 0 bridgehead atoms. The molecule has 0 radical (unpaired) electrons. The molecule has 30 heavy (non-hydrogen) atoms. The zero-order valence-electron chi connectivity index (χ0n) is 18.1. The molecule has 0 amide bonds. The van der Waals surface area contributed by atoms with Gasteiger partial charge in [0.15, 0.2) is 0 Å². The van der Waals surface area contributed by atoms with Crippen molar-refractivity contribution in [2.24, 2.45) is 5.92 Å². The van der Waals surface area contributed by atoms with Crippen LogP contribution in [0.1, 0.15) is 58.1 Å². The lowest BCUT2D eigenvalue weighted by Gasteiger charge is -2.18. The van der Waals surface area contributed by atoms with Crippen molar-refractivity contribution >= 4 is 23.1 Å². The van der Waals surface area contributed by atoms with Gasteiger partial charge in [0.1, 0.15) is 5.01 Å². The van der Waals surface area contributed by atoms with E-state index in [4.69, 9.17) is 9.72 Å². The molecule has 0 spiro atoms. The second-order valence-corrected chi connectivity index (χ2v) is 11.0. The molecule has 2 nitrogen and oxygen atoms in total. The normalized spacial score (nSPS) is 14.9. The Morgan fingerprint density at radius 1 is 1.03 bits per heavy atom. The highest BCUT2D eigenvalue weighted by molar-refractivity contribution is 7.99. The lowest BCUT2D eigenvalue weighted by atomic mass is 10.0. The molecule has 3 aromatic rings. The fourth-order valence-electron chi connectivity index (χ4n) is 3.58. The highest BCUT2D eigenvalue weighted by Gasteiger charge is 2.33. The first-order chi connectivity index (χ1) is 14.6. The van der Waals surface area contributed by atoms with Gasteiger partial charge in [-0.05, 0) is 48.4 Å². The summed E-state index contributed by atoms with van der Waals surface area (Å²) in [4.78, 5) is 7.23. The first-order valence-electron chi connectivity index (χ1n) is 11.1. The number of unbranched alkanes of at least 4 members (excludes halogenated alkanes) is 1. The molecule has 1 aliphatic rings. The summed E-state index contributed by atoms with van der Waals surface area (Å²) in [7, 11) is 0. The van der Waals surface area contributed by atoms with E-state index < -0.39 is 0 Å². The standard InChI is InChI=1S/C26H31NOS2/c1-4-5-16-28-25(20-6-7-20)21-8-10-22(11-9-21)26-27-17-24(30-26)19-12-14-23(15-13-19)29-18(2)3/h8-15,17-18,20,25H,4-7,16H2,1-3H3. The van der Waals surface area contributed by atoms with Crippen LogP contribution in [-0.4, -0.2) is 16.8 Å². The molecule has 0 N–H and O–H groups in total. The number of aromatic nitrogens is 1. The Bertz CT molecular complexity index is 926. The summed E-state index contributed by atoms with van der Waals surface area (Å²) in [6, 6.07) is 17.7. The number of hydrogen-bond donors (Lipinski definition) is 0. The van der Waals surface area contributed by atoms with E-state index in [2.05, 4.69) is 69.3 Å². The van der Waals surface area contributed by atoms with Gasteiger partial charge in [-0.3, -0.25) is 0 Å². The minimum Gasteiger partial charge on any atom is -0.373 e. The number of ether oxygens (including phenoxy) is 1. The Balaban J connectivity index is 1.45. The summed E-state index contributed by atoms with van der Waals surface area (Å²) in [5.41, 5.74) is 3.74. The molecule has 158 valence electrons. The van der Waals surface area contributed by atoms with Crippen molar-refractivity contribution in [3.05, 3.63) is 60.3 Å². The summed E-state index contributed by atoms with van der Waals surface area (Å²) in [5.74, 6) is 0.705. The van der Waals surface area contributed by atoms with E-state index in [1.807, 2.05) is 18.0 Å². The number of benzene rings is 2. The van der Waals surface area contributed by atoms with Gasteiger partial charge < -0.3 is 4.74 Å². The molecule has 0 saturated heterocycles. The first-order valence-corrected chi connectivity index (χ1v) is 12.8. The van der Waals surface area contributed by atoms with E-state index in [9.17, 15) is 0 Å². The van der Waals surface area contributed by atoms with Crippen LogP contribution in [0.15, 0.2) is 59.6 Å². The maximum absolute atomic E-state index is 6.22. The largest absolute Gasteiger partial charge is 0.373 e. The Labute approximate surface area is 189 Å². The minimum absolute atomic E-state index is 0.264. The van der Waals surface area contributed by atoms with Crippen molar-refractivity contribution in [3.63, 3.8) is 0 Å². The van der Waals surface area contributed by atoms with Gasteiger partial charge in [0, 0.05) is 28.5 Å².